The van der Waals surface area contributed by atoms with E-state index >= 15 is 0 Å². The van der Waals surface area contributed by atoms with E-state index in [1.807, 2.05) is 40.7 Å². The van der Waals surface area contributed by atoms with Crippen molar-refractivity contribution >= 4 is 11.8 Å². The van der Waals surface area contributed by atoms with Crippen LogP contribution in [0.15, 0.2) is 10.5 Å². The van der Waals surface area contributed by atoms with E-state index < -0.39 is 11.7 Å². The van der Waals surface area contributed by atoms with Crippen molar-refractivity contribution < 1.29 is 13.9 Å². The van der Waals surface area contributed by atoms with Crippen LogP contribution in [0.5, 0.6) is 0 Å². The Morgan fingerprint density at radius 2 is 1.79 bits per heavy atom. The Morgan fingerprint density at radius 1 is 1.21 bits per heavy atom. The van der Waals surface area contributed by atoms with E-state index in [-0.39, 0.29) is 11.8 Å². The van der Waals surface area contributed by atoms with Crippen molar-refractivity contribution in [2.45, 2.75) is 65.9 Å². The van der Waals surface area contributed by atoms with Crippen LogP contribution in [-0.2, 0) is 4.74 Å². The SMILES string of the molecule is CC(C)c1cc(NC(=O)OC(C)(C)C)c(C(C)C)o1. The minimum atomic E-state index is -0.507. The van der Waals surface area contributed by atoms with Crippen LogP contribution in [0.4, 0.5) is 10.5 Å². The maximum atomic E-state index is 11.8. The van der Waals surface area contributed by atoms with Crippen LogP contribution in [0.2, 0.25) is 0 Å². The fourth-order valence-electron chi connectivity index (χ4n) is 1.65. The summed E-state index contributed by atoms with van der Waals surface area (Å²) in [4.78, 5) is 11.8. The molecule has 0 radical (unpaired) electrons. The molecule has 1 rings (SSSR count). The Labute approximate surface area is 115 Å². The fraction of sp³-hybridized carbons (Fsp3) is 0.667. The number of anilines is 1. The zero-order valence-corrected chi connectivity index (χ0v) is 13.0. The summed E-state index contributed by atoms with van der Waals surface area (Å²) in [6.45, 7) is 13.7. The fourth-order valence-corrected chi connectivity index (χ4v) is 1.65. The molecule has 0 unspecified atom stereocenters. The van der Waals surface area contributed by atoms with E-state index in [1.165, 1.54) is 0 Å². The van der Waals surface area contributed by atoms with Gasteiger partial charge >= 0.3 is 6.09 Å². The van der Waals surface area contributed by atoms with Crippen LogP contribution in [0.25, 0.3) is 0 Å². The number of carbonyl (C=O) groups excluding carboxylic acids is 1. The molecule has 1 aromatic heterocycles. The summed E-state index contributed by atoms with van der Waals surface area (Å²) in [5.74, 6) is 2.15. The van der Waals surface area contributed by atoms with Crippen molar-refractivity contribution in [3.05, 3.63) is 17.6 Å². The number of carbonyl (C=O) groups is 1. The third kappa shape index (κ3) is 4.62. The number of hydrogen-bond donors (Lipinski definition) is 1. The standard InChI is InChI=1S/C15H25NO3/c1-9(2)12-8-11(13(18-12)10(3)4)16-14(17)19-15(5,6)7/h8-10H,1-7H3,(H,16,17). The van der Waals surface area contributed by atoms with Crippen molar-refractivity contribution in [1.82, 2.24) is 0 Å². The molecule has 4 heteroatoms. The Hall–Kier alpha value is -1.45. The lowest BCUT2D eigenvalue weighted by molar-refractivity contribution is 0.0635. The minimum absolute atomic E-state index is 0.206. The molecular weight excluding hydrogens is 242 g/mol. The van der Waals surface area contributed by atoms with E-state index in [9.17, 15) is 4.79 Å². The van der Waals surface area contributed by atoms with Gasteiger partial charge in [0.05, 0.1) is 5.69 Å². The number of furan rings is 1. The van der Waals surface area contributed by atoms with Crippen LogP contribution in [-0.4, -0.2) is 11.7 Å². The maximum absolute atomic E-state index is 11.8. The Morgan fingerprint density at radius 3 is 2.21 bits per heavy atom. The average Bonchev–Trinajstić information content (AvgIpc) is 2.58. The Kier molecular flexibility index (Phi) is 4.66. The zero-order chi connectivity index (χ0) is 14.8. The number of ether oxygens (including phenoxy) is 1. The molecule has 0 aliphatic rings. The zero-order valence-electron chi connectivity index (χ0n) is 13.0. The van der Waals surface area contributed by atoms with Crippen molar-refractivity contribution in [2.75, 3.05) is 5.32 Å². The van der Waals surface area contributed by atoms with Crippen molar-refractivity contribution in [3.63, 3.8) is 0 Å². The molecule has 1 aromatic rings. The summed E-state index contributed by atoms with van der Waals surface area (Å²) < 4.78 is 11.1. The van der Waals surface area contributed by atoms with Gasteiger partial charge in [-0.05, 0) is 20.8 Å². The summed E-state index contributed by atoms with van der Waals surface area (Å²) in [6, 6.07) is 1.88. The third-order valence-electron chi connectivity index (χ3n) is 2.51. The van der Waals surface area contributed by atoms with Crippen LogP contribution >= 0.6 is 0 Å². The predicted octanol–water partition coefficient (Wildman–Crippen LogP) is 4.87. The highest BCUT2D eigenvalue weighted by Crippen LogP contribution is 2.31. The molecule has 0 bridgehead atoms. The number of nitrogens with one attached hydrogen (secondary N) is 1. The lowest BCUT2D eigenvalue weighted by atomic mass is 10.1. The van der Waals surface area contributed by atoms with Crippen molar-refractivity contribution in [1.29, 1.82) is 0 Å². The topological polar surface area (TPSA) is 51.5 Å². The molecule has 1 N–H and O–H groups in total. The molecule has 4 nitrogen and oxygen atoms in total. The summed E-state index contributed by atoms with van der Waals surface area (Å²) in [5, 5.41) is 2.77. The highest BCUT2D eigenvalue weighted by Gasteiger charge is 2.21. The molecular formula is C15H25NO3. The van der Waals surface area contributed by atoms with Gasteiger partial charge < -0.3 is 9.15 Å². The molecule has 108 valence electrons. The van der Waals surface area contributed by atoms with Crippen LogP contribution in [0.3, 0.4) is 0 Å². The smallest absolute Gasteiger partial charge is 0.412 e. The summed E-state index contributed by atoms with van der Waals surface area (Å²) in [6.07, 6.45) is -0.453. The predicted molar refractivity (Wildman–Crippen MR) is 76.7 cm³/mol. The second-order valence-electron chi connectivity index (χ2n) is 6.36. The van der Waals surface area contributed by atoms with E-state index in [0.29, 0.717) is 5.69 Å². The largest absolute Gasteiger partial charge is 0.463 e. The van der Waals surface area contributed by atoms with Crippen molar-refractivity contribution in [3.8, 4) is 0 Å². The number of hydrogen-bond acceptors (Lipinski definition) is 3. The summed E-state index contributed by atoms with van der Waals surface area (Å²) >= 11 is 0. The quantitative estimate of drug-likeness (QED) is 0.849. The van der Waals surface area contributed by atoms with E-state index in [0.717, 1.165) is 11.5 Å². The maximum Gasteiger partial charge on any atom is 0.412 e. The van der Waals surface area contributed by atoms with Crippen LogP contribution < -0.4 is 5.32 Å². The molecule has 1 heterocycles. The van der Waals surface area contributed by atoms with E-state index in [4.69, 9.17) is 9.15 Å². The number of rotatable bonds is 3. The normalized spacial score (nSPS) is 12.1. The van der Waals surface area contributed by atoms with Gasteiger partial charge in [-0.3, -0.25) is 5.32 Å². The first-order chi connectivity index (χ1) is 8.60. The molecule has 0 spiro atoms. The second kappa shape index (κ2) is 5.68. The van der Waals surface area contributed by atoms with Gasteiger partial charge in [0.2, 0.25) is 0 Å². The molecule has 0 saturated heterocycles. The Bertz CT molecular complexity index is 439. The van der Waals surface area contributed by atoms with Gasteiger partial charge in [0.25, 0.3) is 0 Å². The first-order valence-corrected chi connectivity index (χ1v) is 6.73. The van der Waals surface area contributed by atoms with Crippen LogP contribution in [0.1, 0.15) is 71.8 Å². The van der Waals surface area contributed by atoms with Gasteiger partial charge in [-0.1, -0.05) is 27.7 Å². The lowest BCUT2D eigenvalue weighted by Crippen LogP contribution is -2.27. The summed E-state index contributed by atoms with van der Waals surface area (Å²) in [7, 11) is 0. The molecule has 0 aliphatic heterocycles. The van der Waals surface area contributed by atoms with Gasteiger partial charge in [0.15, 0.2) is 0 Å². The monoisotopic (exact) mass is 267 g/mol. The summed E-state index contributed by atoms with van der Waals surface area (Å²) in [5.41, 5.74) is 0.195. The van der Waals surface area contributed by atoms with E-state index in [2.05, 4.69) is 19.2 Å². The van der Waals surface area contributed by atoms with Gasteiger partial charge in [-0.15, -0.1) is 0 Å². The molecule has 0 aliphatic carbocycles. The highest BCUT2D eigenvalue weighted by molar-refractivity contribution is 5.85. The second-order valence-corrected chi connectivity index (χ2v) is 6.36. The minimum Gasteiger partial charge on any atom is -0.463 e. The molecule has 0 aromatic carbocycles. The van der Waals surface area contributed by atoms with Gasteiger partial charge in [-0.25, -0.2) is 4.79 Å². The van der Waals surface area contributed by atoms with Crippen LogP contribution in [0, 0.1) is 0 Å². The van der Waals surface area contributed by atoms with Gasteiger partial charge in [-0.2, -0.15) is 0 Å². The Balaban J connectivity index is 2.90. The molecule has 0 fully saturated rings. The average molecular weight is 267 g/mol. The van der Waals surface area contributed by atoms with Gasteiger partial charge in [0.1, 0.15) is 17.1 Å². The first-order valence-electron chi connectivity index (χ1n) is 6.73. The molecule has 0 atom stereocenters. The first kappa shape index (κ1) is 15.6. The molecule has 0 saturated carbocycles. The highest BCUT2D eigenvalue weighted by atomic mass is 16.6. The molecule has 19 heavy (non-hydrogen) atoms. The third-order valence-corrected chi connectivity index (χ3v) is 2.51. The van der Waals surface area contributed by atoms with Gasteiger partial charge in [0, 0.05) is 17.9 Å². The van der Waals surface area contributed by atoms with E-state index in [1.54, 1.807) is 0 Å². The van der Waals surface area contributed by atoms with Crippen molar-refractivity contribution in [2.24, 2.45) is 0 Å². The number of amides is 1. The molecule has 1 amide bonds. The lowest BCUT2D eigenvalue weighted by Gasteiger charge is -2.19.